The van der Waals surface area contributed by atoms with Gasteiger partial charge >= 0.3 is 12.0 Å². The predicted molar refractivity (Wildman–Crippen MR) is 83.6 cm³/mol. The number of carboxylic acids is 1. The molecule has 0 aliphatic carbocycles. The minimum atomic E-state index is -1.06. The van der Waals surface area contributed by atoms with Gasteiger partial charge in [-0.25, -0.2) is 9.59 Å². The summed E-state index contributed by atoms with van der Waals surface area (Å²) in [4.78, 5) is 23.0. The average Bonchev–Trinajstić information content (AvgIpc) is 2.38. The highest BCUT2D eigenvalue weighted by Crippen LogP contribution is 2.19. The van der Waals surface area contributed by atoms with Crippen LogP contribution in [0, 0.1) is 17.8 Å². The van der Waals surface area contributed by atoms with E-state index in [9.17, 15) is 9.59 Å². The van der Waals surface area contributed by atoms with E-state index in [4.69, 9.17) is 5.11 Å². The van der Waals surface area contributed by atoms with Crippen LogP contribution in [-0.4, -0.2) is 23.7 Å². The highest BCUT2D eigenvalue weighted by Gasteiger charge is 2.18. The van der Waals surface area contributed by atoms with Crippen molar-refractivity contribution < 1.29 is 14.7 Å². The Labute approximate surface area is 125 Å². The SMILES string of the molecule is CC(C)C(CNC(=O)Nc1ccccc1C(=O)O)C(C)C. The Bertz CT molecular complexity index is 490. The van der Waals surface area contributed by atoms with Crippen molar-refractivity contribution >= 4 is 17.7 Å². The zero-order chi connectivity index (χ0) is 16.0. The molecule has 0 spiro atoms. The molecule has 0 saturated heterocycles. The van der Waals surface area contributed by atoms with Gasteiger partial charge in [0.1, 0.15) is 0 Å². The lowest BCUT2D eigenvalue weighted by atomic mass is 9.85. The number of anilines is 1. The second-order valence-electron chi connectivity index (χ2n) is 5.84. The number of amides is 2. The average molecular weight is 292 g/mol. The molecule has 0 bridgehead atoms. The lowest BCUT2D eigenvalue weighted by Gasteiger charge is -2.25. The third-order valence-corrected chi connectivity index (χ3v) is 3.62. The van der Waals surface area contributed by atoms with Crippen LogP contribution in [0.2, 0.25) is 0 Å². The maximum Gasteiger partial charge on any atom is 0.337 e. The lowest BCUT2D eigenvalue weighted by molar-refractivity contribution is 0.0698. The number of benzene rings is 1. The van der Waals surface area contributed by atoms with Crippen molar-refractivity contribution in [3.8, 4) is 0 Å². The molecule has 0 saturated carbocycles. The van der Waals surface area contributed by atoms with Gasteiger partial charge in [-0.2, -0.15) is 0 Å². The molecule has 5 heteroatoms. The molecule has 0 aliphatic rings. The van der Waals surface area contributed by atoms with Crippen molar-refractivity contribution in [2.45, 2.75) is 27.7 Å². The molecular weight excluding hydrogens is 268 g/mol. The first-order valence-electron chi connectivity index (χ1n) is 7.20. The predicted octanol–water partition coefficient (Wildman–Crippen LogP) is 3.43. The Hall–Kier alpha value is -2.04. The number of rotatable bonds is 6. The van der Waals surface area contributed by atoms with Crippen molar-refractivity contribution in [2.24, 2.45) is 17.8 Å². The summed E-state index contributed by atoms with van der Waals surface area (Å²) >= 11 is 0. The van der Waals surface area contributed by atoms with E-state index in [1.54, 1.807) is 18.2 Å². The first kappa shape index (κ1) is 17.0. The topological polar surface area (TPSA) is 78.4 Å². The second-order valence-corrected chi connectivity index (χ2v) is 5.84. The highest BCUT2D eigenvalue weighted by atomic mass is 16.4. The zero-order valence-electron chi connectivity index (χ0n) is 13.0. The summed E-state index contributed by atoms with van der Waals surface area (Å²) in [5, 5.41) is 14.5. The number of nitrogens with one attached hydrogen (secondary N) is 2. The largest absolute Gasteiger partial charge is 0.478 e. The van der Waals surface area contributed by atoms with Gasteiger partial charge in [0.05, 0.1) is 11.3 Å². The lowest BCUT2D eigenvalue weighted by Crippen LogP contribution is -2.36. The van der Waals surface area contributed by atoms with Crippen LogP contribution in [0.4, 0.5) is 10.5 Å². The number of hydrogen-bond donors (Lipinski definition) is 3. The standard InChI is InChI=1S/C16H24N2O3/c1-10(2)13(11(3)4)9-17-16(21)18-14-8-6-5-7-12(14)15(19)20/h5-8,10-11,13H,9H2,1-4H3,(H,19,20)(H2,17,18,21). The second kappa shape index (κ2) is 7.67. The van der Waals surface area contributed by atoms with E-state index in [1.165, 1.54) is 6.07 Å². The first-order valence-corrected chi connectivity index (χ1v) is 7.20. The molecule has 0 atom stereocenters. The van der Waals surface area contributed by atoms with Crippen molar-refractivity contribution in [3.05, 3.63) is 29.8 Å². The molecule has 116 valence electrons. The molecule has 0 fully saturated rings. The van der Waals surface area contributed by atoms with E-state index < -0.39 is 5.97 Å². The molecule has 0 unspecified atom stereocenters. The van der Waals surface area contributed by atoms with E-state index in [2.05, 4.69) is 38.3 Å². The molecule has 0 aliphatic heterocycles. The number of hydrogen-bond acceptors (Lipinski definition) is 2. The molecule has 1 aromatic rings. The summed E-state index contributed by atoms with van der Waals surface area (Å²) in [5.74, 6) is 0.256. The van der Waals surface area contributed by atoms with Gasteiger partial charge in [0.15, 0.2) is 0 Å². The van der Waals surface area contributed by atoms with Gasteiger partial charge < -0.3 is 15.7 Å². The van der Waals surface area contributed by atoms with Gasteiger partial charge in [-0.15, -0.1) is 0 Å². The van der Waals surface area contributed by atoms with Crippen LogP contribution < -0.4 is 10.6 Å². The molecule has 0 heterocycles. The Morgan fingerprint density at radius 3 is 2.19 bits per heavy atom. The van der Waals surface area contributed by atoms with Crippen LogP contribution >= 0.6 is 0 Å². The normalized spacial score (nSPS) is 11.0. The van der Waals surface area contributed by atoms with Crippen LogP contribution in [0.15, 0.2) is 24.3 Å². The van der Waals surface area contributed by atoms with E-state index in [0.717, 1.165) is 0 Å². The Morgan fingerprint density at radius 1 is 1.10 bits per heavy atom. The van der Waals surface area contributed by atoms with Crippen LogP contribution in [0.25, 0.3) is 0 Å². The summed E-state index contributed by atoms with van der Waals surface area (Å²) < 4.78 is 0. The maximum absolute atomic E-state index is 11.9. The summed E-state index contributed by atoms with van der Waals surface area (Å²) in [5.41, 5.74) is 0.380. The van der Waals surface area contributed by atoms with Crippen molar-refractivity contribution in [2.75, 3.05) is 11.9 Å². The number of carbonyl (C=O) groups excluding carboxylic acids is 1. The van der Waals surface area contributed by atoms with Crippen LogP contribution in [0.3, 0.4) is 0 Å². The molecular formula is C16H24N2O3. The molecule has 0 radical (unpaired) electrons. The monoisotopic (exact) mass is 292 g/mol. The zero-order valence-corrected chi connectivity index (χ0v) is 13.0. The van der Waals surface area contributed by atoms with Gasteiger partial charge in [0.2, 0.25) is 0 Å². The fourth-order valence-corrected chi connectivity index (χ4v) is 2.40. The van der Waals surface area contributed by atoms with E-state index in [-0.39, 0.29) is 11.6 Å². The summed E-state index contributed by atoms with van der Waals surface area (Å²) in [7, 11) is 0. The Kier molecular flexibility index (Phi) is 6.21. The highest BCUT2D eigenvalue weighted by molar-refractivity contribution is 5.99. The van der Waals surface area contributed by atoms with Crippen molar-refractivity contribution in [1.82, 2.24) is 5.32 Å². The van der Waals surface area contributed by atoms with Crippen LogP contribution in [0.5, 0.6) is 0 Å². The van der Waals surface area contributed by atoms with E-state index >= 15 is 0 Å². The number of para-hydroxylation sites is 1. The van der Waals surface area contributed by atoms with Gasteiger partial charge in [-0.05, 0) is 29.9 Å². The minimum absolute atomic E-state index is 0.0805. The first-order chi connectivity index (χ1) is 9.82. The van der Waals surface area contributed by atoms with E-state index in [1.807, 2.05) is 0 Å². The molecule has 5 nitrogen and oxygen atoms in total. The van der Waals surface area contributed by atoms with Crippen LogP contribution in [-0.2, 0) is 0 Å². The van der Waals surface area contributed by atoms with Gasteiger partial charge in [-0.1, -0.05) is 39.8 Å². The third kappa shape index (κ3) is 5.10. The van der Waals surface area contributed by atoms with Crippen LogP contribution in [0.1, 0.15) is 38.1 Å². The number of carboxylic acid groups (broad SMARTS) is 1. The third-order valence-electron chi connectivity index (χ3n) is 3.62. The molecule has 1 rings (SSSR count). The molecule has 2 amide bonds. The minimum Gasteiger partial charge on any atom is -0.478 e. The van der Waals surface area contributed by atoms with Crippen molar-refractivity contribution in [3.63, 3.8) is 0 Å². The summed E-state index contributed by atoms with van der Waals surface area (Å²) in [6.45, 7) is 9.08. The number of carbonyl (C=O) groups is 2. The van der Waals surface area contributed by atoms with Gasteiger partial charge in [0, 0.05) is 6.54 Å². The fraction of sp³-hybridized carbons (Fsp3) is 0.500. The molecule has 1 aromatic carbocycles. The quantitative estimate of drug-likeness (QED) is 0.751. The summed E-state index contributed by atoms with van der Waals surface area (Å²) in [6, 6.07) is 5.97. The fourth-order valence-electron chi connectivity index (χ4n) is 2.40. The van der Waals surface area contributed by atoms with Gasteiger partial charge in [0.25, 0.3) is 0 Å². The summed E-state index contributed by atoms with van der Waals surface area (Å²) in [6.07, 6.45) is 0. The Balaban J connectivity index is 2.64. The van der Waals surface area contributed by atoms with Crippen molar-refractivity contribution in [1.29, 1.82) is 0 Å². The Morgan fingerprint density at radius 2 is 1.67 bits per heavy atom. The number of aromatic carboxylic acids is 1. The molecule has 3 N–H and O–H groups in total. The number of urea groups is 1. The molecule has 21 heavy (non-hydrogen) atoms. The smallest absolute Gasteiger partial charge is 0.337 e. The maximum atomic E-state index is 11.9. The molecule has 0 aromatic heterocycles. The van der Waals surface area contributed by atoms with E-state index in [0.29, 0.717) is 30.0 Å². The van der Waals surface area contributed by atoms with Gasteiger partial charge in [-0.3, -0.25) is 0 Å².